The number of halogens is 2. The van der Waals surface area contributed by atoms with Crippen LogP contribution in [-0.4, -0.2) is 39.4 Å². The van der Waals surface area contributed by atoms with Gasteiger partial charge in [0.25, 0.3) is 16.0 Å². The minimum Gasteiger partial charge on any atom is -0.341 e. The summed E-state index contributed by atoms with van der Waals surface area (Å²) >= 11 is 12.3. The topological polar surface area (TPSA) is 63.7 Å². The molecule has 0 aliphatic rings. The molecule has 0 bridgehead atoms. The fourth-order valence-corrected chi connectivity index (χ4v) is 4.55. The van der Waals surface area contributed by atoms with Crippen molar-refractivity contribution >= 4 is 39.2 Å². The molecule has 0 aliphatic heterocycles. The standard InChI is InChI=1S/C24H23Cl2NO4S/c1-27(24(28)18-8-4-2-5-9-18)17-20(19-12-13-22(25)23(26)16-19)14-15-31-32(29,30)21-10-6-3-7-11-21/h2-13,16,20H,14-15,17H2,1H3. The third-order valence-electron chi connectivity index (χ3n) is 5.01. The number of hydrogen-bond donors (Lipinski definition) is 0. The lowest BCUT2D eigenvalue weighted by molar-refractivity contribution is 0.0782. The van der Waals surface area contributed by atoms with Gasteiger partial charge in [0.2, 0.25) is 0 Å². The summed E-state index contributed by atoms with van der Waals surface area (Å²) in [5.74, 6) is -0.345. The second kappa shape index (κ2) is 11.0. The lowest BCUT2D eigenvalue weighted by Crippen LogP contribution is -2.31. The maximum absolute atomic E-state index is 12.8. The maximum Gasteiger partial charge on any atom is 0.296 e. The van der Waals surface area contributed by atoms with E-state index in [4.69, 9.17) is 27.4 Å². The van der Waals surface area contributed by atoms with Crippen LogP contribution >= 0.6 is 23.2 Å². The minimum atomic E-state index is -3.87. The predicted molar refractivity (Wildman–Crippen MR) is 127 cm³/mol. The quantitative estimate of drug-likeness (QED) is 0.363. The molecule has 0 spiro atoms. The van der Waals surface area contributed by atoms with Crippen molar-refractivity contribution in [2.24, 2.45) is 0 Å². The van der Waals surface area contributed by atoms with E-state index in [1.807, 2.05) is 12.1 Å². The summed E-state index contributed by atoms with van der Waals surface area (Å²) in [5, 5.41) is 0.815. The van der Waals surface area contributed by atoms with Crippen molar-refractivity contribution in [2.45, 2.75) is 17.2 Å². The summed E-state index contributed by atoms with van der Waals surface area (Å²) in [6, 6.07) is 22.2. The van der Waals surface area contributed by atoms with E-state index in [0.29, 0.717) is 28.6 Å². The van der Waals surface area contributed by atoms with Crippen molar-refractivity contribution in [1.29, 1.82) is 0 Å². The van der Waals surface area contributed by atoms with Crippen molar-refractivity contribution in [1.82, 2.24) is 4.90 Å². The molecule has 3 rings (SSSR count). The molecule has 168 valence electrons. The van der Waals surface area contributed by atoms with Crippen LogP contribution in [0.5, 0.6) is 0 Å². The van der Waals surface area contributed by atoms with Crippen LogP contribution < -0.4 is 0 Å². The summed E-state index contributed by atoms with van der Waals surface area (Å²) in [4.78, 5) is 14.5. The van der Waals surface area contributed by atoms with E-state index < -0.39 is 10.1 Å². The normalized spacial score (nSPS) is 12.3. The highest BCUT2D eigenvalue weighted by atomic mass is 35.5. The highest BCUT2D eigenvalue weighted by molar-refractivity contribution is 7.86. The van der Waals surface area contributed by atoms with Gasteiger partial charge in [-0.1, -0.05) is 65.7 Å². The Morgan fingerprint density at radius 2 is 1.56 bits per heavy atom. The Hall–Kier alpha value is -2.38. The second-order valence-corrected chi connectivity index (χ2v) is 9.73. The van der Waals surface area contributed by atoms with Gasteiger partial charge in [0.05, 0.1) is 21.5 Å². The molecule has 3 aromatic carbocycles. The Labute approximate surface area is 198 Å². The van der Waals surface area contributed by atoms with E-state index in [1.165, 1.54) is 12.1 Å². The van der Waals surface area contributed by atoms with Gasteiger partial charge in [-0.05, 0) is 48.4 Å². The zero-order valence-corrected chi connectivity index (χ0v) is 19.8. The Balaban J connectivity index is 1.75. The zero-order chi connectivity index (χ0) is 23.1. The molecule has 0 radical (unpaired) electrons. The van der Waals surface area contributed by atoms with Crippen molar-refractivity contribution in [3.8, 4) is 0 Å². The van der Waals surface area contributed by atoms with Crippen LogP contribution in [0.1, 0.15) is 28.3 Å². The molecule has 0 fully saturated rings. The third kappa shape index (κ3) is 6.33. The van der Waals surface area contributed by atoms with Crippen LogP contribution in [0.2, 0.25) is 10.0 Å². The number of nitrogens with zero attached hydrogens (tertiary/aromatic N) is 1. The molecule has 8 heteroatoms. The molecule has 3 aromatic rings. The lowest BCUT2D eigenvalue weighted by Gasteiger charge is -2.25. The van der Waals surface area contributed by atoms with Crippen LogP contribution in [0.4, 0.5) is 0 Å². The largest absolute Gasteiger partial charge is 0.341 e. The van der Waals surface area contributed by atoms with Crippen molar-refractivity contribution < 1.29 is 17.4 Å². The van der Waals surface area contributed by atoms with Crippen molar-refractivity contribution in [2.75, 3.05) is 20.2 Å². The lowest BCUT2D eigenvalue weighted by atomic mass is 9.95. The number of benzene rings is 3. The minimum absolute atomic E-state index is 0.0461. The molecular weight excluding hydrogens is 469 g/mol. The van der Waals surface area contributed by atoms with Gasteiger partial charge in [0.15, 0.2) is 0 Å². The van der Waals surface area contributed by atoms with Crippen molar-refractivity contribution in [3.63, 3.8) is 0 Å². The van der Waals surface area contributed by atoms with E-state index in [0.717, 1.165) is 5.56 Å². The fraction of sp³-hybridized carbons (Fsp3) is 0.208. The SMILES string of the molecule is CN(CC(CCOS(=O)(=O)c1ccccc1)c1ccc(Cl)c(Cl)c1)C(=O)c1ccccc1. The number of rotatable bonds is 9. The number of carbonyl (C=O) groups is 1. The summed E-state index contributed by atoms with van der Waals surface area (Å²) in [5.41, 5.74) is 1.42. The molecule has 0 aliphatic carbocycles. The van der Waals surface area contributed by atoms with E-state index >= 15 is 0 Å². The van der Waals surface area contributed by atoms with Crippen LogP contribution in [0.3, 0.4) is 0 Å². The van der Waals surface area contributed by atoms with E-state index in [1.54, 1.807) is 66.5 Å². The Kier molecular flexibility index (Phi) is 8.32. The number of amides is 1. The van der Waals surface area contributed by atoms with Crippen LogP contribution in [-0.2, 0) is 14.3 Å². The Morgan fingerprint density at radius 3 is 2.19 bits per heavy atom. The molecule has 0 saturated heterocycles. The molecule has 1 unspecified atom stereocenters. The Bertz CT molecular complexity index is 1160. The van der Waals surface area contributed by atoms with Crippen LogP contribution in [0, 0.1) is 0 Å². The average molecular weight is 492 g/mol. The Morgan fingerprint density at radius 1 is 0.938 bits per heavy atom. The number of carbonyl (C=O) groups excluding carboxylic acids is 1. The van der Waals surface area contributed by atoms with Gasteiger partial charge in [-0.25, -0.2) is 0 Å². The summed E-state index contributed by atoms with van der Waals surface area (Å²) in [7, 11) is -2.16. The van der Waals surface area contributed by atoms with Gasteiger partial charge in [0.1, 0.15) is 0 Å². The first-order valence-corrected chi connectivity index (χ1v) is 12.1. The summed E-state index contributed by atoms with van der Waals surface area (Å²) in [6.07, 6.45) is 0.358. The smallest absolute Gasteiger partial charge is 0.296 e. The predicted octanol–water partition coefficient (Wildman–Crippen LogP) is 5.64. The number of likely N-dealkylation sites (N-methyl/N-ethyl adjacent to an activating group) is 1. The molecule has 0 heterocycles. The third-order valence-corrected chi connectivity index (χ3v) is 7.08. The first-order chi connectivity index (χ1) is 15.3. The fourth-order valence-electron chi connectivity index (χ4n) is 3.30. The van der Waals surface area contributed by atoms with E-state index in [-0.39, 0.29) is 23.3 Å². The molecule has 1 amide bonds. The van der Waals surface area contributed by atoms with Gasteiger partial charge in [-0.2, -0.15) is 8.42 Å². The molecule has 0 N–H and O–H groups in total. The first-order valence-electron chi connectivity index (χ1n) is 9.98. The van der Waals surface area contributed by atoms with E-state index in [9.17, 15) is 13.2 Å². The second-order valence-electron chi connectivity index (χ2n) is 7.30. The van der Waals surface area contributed by atoms with Crippen LogP contribution in [0.25, 0.3) is 0 Å². The number of hydrogen-bond acceptors (Lipinski definition) is 4. The van der Waals surface area contributed by atoms with Gasteiger partial charge >= 0.3 is 0 Å². The van der Waals surface area contributed by atoms with Gasteiger partial charge < -0.3 is 4.90 Å². The van der Waals surface area contributed by atoms with E-state index in [2.05, 4.69) is 0 Å². The van der Waals surface area contributed by atoms with Gasteiger partial charge in [0, 0.05) is 25.1 Å². The molecule has 1 atom stereocenters. The molecule has 32 heavy (non-hydrogen) atoms. The molecule has 0 aromatic heterocycles. The summed E-state index contributed by atoms with van der Waals surface area (Å²) in [6.45, 7) is 0.302. The maximum atomic E-state index is 12.8. The van der Waals surface area contributed by atoms with Crippen molar-refractivity contribution in [3.05, 3.63) is 100 Å². The monoisotopic (exact) mass is 491 g/mol. The highest BCUT2D eigenvalue weighted by Crippen LogP contribution is 2.29. The van der Waals surface area contributed by atoms with Crippen LogP contribution in [0.15, 0.2) is 83.8 Å². The van der Waals surface area contributed by atoms with Gasteiger partial charge in [-0.15, -0.1) is 0 Å². The average Bonchev–Trinajstić information content (AvgIpc) is 2.80. The molecule has 0 saturated carbocycles. The van der Waals surface area contributed by atoms with Gasteiger partial charge in [-0.3, -0.25) is 8.98 Å². The first kappa shape index (κ1) is 24.3. The highest BCUT2D eigenvalue weighted by Gasteiger charge is 2.21. The molecule has 5 nitrogen and oxygen atoms in total. The zero-order valence-electron chi connectivity index (χ0n) is 17.4. The summed E-state index contributed by atoms with van der Waals surface area (Å²) < 4.78 is 30.1. The molecular formula is C24H23Cl2NO4S.